The van der Waals surface area contributed by atoms with E-state index in [0.717, 1.165) is 23.7 Å². The van der Waals surface area contributed by atoms with Gasteiger partial charge in [0.05, 0.1) is 5.52 Å². The molecule has 0 radical (unpaired) electrons. The molecule has 0 N–H and O–H groups in total. The van der Waals surface area contributed by atoms with Crippen molar-refractivity contribution in [3.05, 3.63) is 42.1 Å². The second-order valence-corrected chi connectivity index (χ2v) is 5.88. The Morgan fingerprint density at radius 1 is 1.11 bits per heavy atom. The average molecular weight is 390 g/mol. The quantitative estimate of drug-likeness (QED) is 0.621. The Bertz CT molecular complexity index is 979. The molecule has 0 aliphatic carbocycles. The number of ether oxygens (including phenoxy) is 1. The maximum atomic E-state index is 14.1. The van der Waals surface area contributed by atoms with E-state index >= 15 is 0 Å². The third-order valence-electron chi connectivity index (χ3n) is 3.72. The highest BCUT2D eigenvalue weighted by atomic mass is 19.4. The summed E-state index contributed by atoms with van der Waals surface area (Å²) in [5, 5.41) is 7.01. The van der Waals surface area contributed by atoms with E-state index in [9.17, 15) is 26.3 Å². The van der Waals surface area contributed by atoms with E-state index in [1.54, 1.807) is 0 Å². The molecule has 0 fully saturated rings. The molecule has 3 aromatic heterocycles. The summed E-state index contributed by atoms with van der Waals surface area (Å²) in [4.78, 5) is 3.56. The average Bonchev–Trinajstić information content (AvgIpc) is 2.99. The van der Waals surface area contributed by atoms with Gasteiger partial charge in [-0.05, 0) is 30.7 Å². The second kappa shape index (κ2) is 6.39. The summed E-state index contributed by atoms with van der Waals surface area (Å²) < 4.78 is 84.4. The standard InChI is InChI=1S/C16H12F6N4O/c1-8(16(20,21)22)27-14-11(17)5-10(7-23-14)9-3-4-26-12(6-9)13(24-25-26)15(2,18)19/h3-8H,1-2H3/t8-/m1/s1. The Kier molecular flexibility index (Phi) is 4.48. The van der Waals surface area contributed by atoms with Crippen molar-refractivity contribution >= 4 is 5.52 Å². The molecule has 0 saturated carbocycles. The van der Waals surface area contributed by atoms with Gasteiger partial charge in [0.25, 0.3) is 11.8 Å². The van der Waals surface area contributed by atoms with Crippen LogP contribution < -0.4 is 4.74 Å². The molecule has 0 aliphatic rings. The number of pyridine rings is 2. The summed E-state index contributed by atoms with van der Waals surface area (Å²) in [6.45, 7) is 1.39. The van der Waals surface area contributed by atoms with Gasteiger partial charge in [0.2, 0.25) is 0 Å². The predicted molar refractivity (Wildman–Crippen MR) is 81.9 cm³/mol. The summed E-state index contributed by atoms with van der Waals surface area (Å²) in [5.74, 6) is -5.16. The molecule has 27 heavy (non-hydrogen) atoms. The molecule has 3 rings (SSSR count). The van der Waals surface area contributed by atoms with Gasteiger partial charge in [0.1, 0.15) is 0 Å². The van der Waals surface area contributed by atoms with E-state index in [1.165, 1.54) is 18.3 Å². The smallest absolute Gasteiger partial charge is 0.425 e. The molecular weight excluding hydrogens is 378 g/mol. The Hall–Kier alpha value is -2.85. The van der Waals surface area contributed by atoms with E-state index in [4.69, 9.17) is 0 Å². The lowest BCUT2D eigenvalue weighted by molar-refractivity contribution is -0.190. The first-order valence-electron chi connectivity index (χ1n) is 7.59. The van der Waals surface area contributed by atoms with Crippen LogP contribution in [0.1, 0.15) is 19.5 Å². The van der Waals surface area contributed by atoms with E-state index in [0.29, 0.717) is 12.5 Å². The third kappa shape index (κ3) is 3.81. The zero-order valence-corrected chi connectivity index (χ0v) is 13.9. The van der Waals surface area contributed by atoms with Gasteiger partial charge in [-0.15, -0.1) is 5.10 Å². The van der Waals surface area contributed by atoms with Crippen LogP contribution in [0.15, 0.2) is 30.6 Å². The molecule has 0 aliphatic heterocycles. The molecule has 144 valence electrons. The Morgan fingerprint density at radius 2 is 1.81 bits per heavy atom. The Morgan fingerprint density at radius 3 is 2.41 bits per heavy atom. The molecule has 0 spiro atoms. The van der Waals surface area contributed by atoms with Gasteiger partial charge in [0.15, 0.2) is 17.6 Å². The second-order valence-electron chi connectivity index (χ2n) is 5.88. The molecule has 0 amide bonds. The number of alkyl halides is 5. The van der Waals surface area contributed by atoms with Crippen LogP contribution in [-0.2, 0) is 5.92 Å². The van der Waals surface area contributed by atoms with Crippen LogP contribution in [0.25, 0.3) is 16.6 Å². The summed E-state index contributed by atoms with van der Waals surface area (Å²) in [7, 11) is 0. The number of aromatic nitrogens is 4. The van der Waals surface area contributed by atoms with Crippen molar-refractivity contribution in [3.8, 4) is 17.0 Å². The third-order valence-corrected chi connectivity index (χ3v) is 3.72. The molecular formula is C16H12F6N4O. The maximum Gasteiger partial charge on any atom is 0.425 e. The van der Waals surface area contributed by atoms with Crippen LogP contribution in [0.4, 0.5) is 26.3 Å². The first-order chi connectivity index (χ1) is 12.5. The van der Waals surface area contributed by atoms with Crippen LogP contribution in [0.3, 0.4) is 0 Å². The molecule has 3 aromatic rings. The Balaban J connectivity index is 1.96. The van der Waals surface area contributed by atoms with E-state index in [2.05, 4.69) is 20.0 Å². The fourth-order valence-corrected chi connectivity index (χ4v) is 2.29. The molecule has 0 saturated heterocycles. The van der Waals surface area contributed by atoms with Crippen molar-refractivity contribution in [2.75, 3.05) is 0 Å². The fraction of sp³-hybridized carbons (Fsp3) is 0.312. The summed E-state index contributed by atoms with van der Waals surface area (Å²) in [6, 6.07) is 3.67. The van der Waals surface area contributed by atoms with E-state index in [1.807, 2.05) is 0 Å². The number of rotatable bonds is 4. The Labute approximate surface area is 148 Å². The predicted octanol–water partition coefficient (Wildman–Crippen LogP) is 4.37. The van der Waals surface area contributed by atoms with Crippen LogP contribution in [0.2, 0.25) is 0 Å². The highest BCUT2D eigenvalue weighted by Crippen LogP contribution is 2.32. The maximum absolute atomic E-state index is 14.1. The van der Waals surface area contributed by atoms with E-state index in [-0.39, 0.29) is 11.1 Å². The summed E-state index contributed by atoms with van der Waals surface area (Å²) >= 11 is 0. The van der Waals surface area contributed by atoms with Gasteiger partial charge in [-0.2, -0.15) is 22.0 Å². The molecule has 3 heterocycles. The van der Waals surface area contributed by atoms with Crippen LogP contribution in [0, 0.1) is 5.82 Å². The minimum absolute atomic E-state index is 0.00595. The van der Waals surface area contributed by atoms with Crippen molar-refractivity contribution in [2.24, 2.45) is 0 Å². The van der Waals surface area contributed by atoms with Gasteiger partial charge in [0, 0.05) is 24.9 Å². The molecule has 0 bridgehead atoms. The van der Waals surface area contributed by atoms with Crippen molar-refractivity contribution in [3.63, 3.8) is 0 Å². The SMILES string of the molecule is C[C@@H](Oc1ncc(-c2ccn3nnc(C(C)(F)F)c3c2)cc1F)C(F)(F)F. The van der Waals surface area contributed by atoms with Crippen molar-refractivity contribution in [2.45, 2.75) is 32.1 Å². The van der Waals surface area contributed by atoms with Gasteiger partial charge < -0.3 is 4.74 Å². The zero-order chi connectivity index (χ0) is 20.0. The number of halogens is 6. The van der Waals surface area contributed by atoms with Gasteiger partial charge >= 0.3 is 6.18 Å². The first kappa shape index (κ1) is 18.9. The normalized spacial score (nSPS) is 13.8. The van der Waals surface area contributed by atoms with Crippen molar-refractivity contribution in [1.29, 1.82) is 0 Å². The van der Waals surface area contributed by atoms with Gasteiger partial charge in [-0.1, -0.05) is 5.21 Å². The number of fused-ring (bicyclic) bond motifs is 1. The highest BCUT2D eigenvalue weighted by molar-refractivity contribution is 5.69. The number of nitrogens with zero attached hydrogens (tertiary/aromatic N) is 4. The lowest BCUT2D eigenvalue weighted by Crippen LogP contribution is -2.31. The molecule has 5 nitrogen and oxygen atoms in total. The van der Waals surface area contributed by atoms with Crippen LogP contribution in [-0.4, -0.2) is 32.1 Å². The zero-order valence-electron chi connectivity index (χ0n) is 13.9. The number of hydrogen-bond acceptors (Lipinski definition) is 4. The number of hydrogen-bond donors (Lipinski definition) is 0. The summed E-state index contributed by atoms with van der Waals surface area (Å²) in [6.07, 6.45) is -4.48. The van der Waals surface area contributed by atoms with Crippen molar-refractivity contribution in [1.82, 2.24) is 19.8 Å². The monoisotopic (exact) mass is 390 g/mol. The van der Waals surface area contributed by atoms with Crippen molar-refractivity contribution < 1.29 is 31.1 Å². The largest absolute Gasteiger partial charge is 0.463 e. The topological polar surface area (TPSA) is 52.3 Å². The minimum atomic E-state index is -4.67. The minimum Gasteiger partial charge on any atom is -0.463 e. The lowest BCUT2D eigenvalue weighted by atomic mass is 10.1. The van der Waals surface area contributed by atoms with E-state index < -0.39 is 35.6 Å². The van der Waals surface area contributed by atoms with Crippen LogP contribution >= 0.6 is 0 Å². The fourth-order valence-electron chi connectivity index (χ4n) is 2.29. The van der Waals surface area contributed by atoms with Gasteiger partial charge in [-0.3, -0.25) is 0 Å². The van der Waals surface area contributed by atoms with Gasteiger partial charge in [-0.25, -0.2) is 13.9 Å². The highest BCUT2D eigenvalue weighted by Gasteiger charge is 2.38. The summed E-state index contributed by atoms with van der Waals surface area (Å²) in [5.41, 5.74) is -0.0890. The molecule has 0 aromatic carbocycles. The first-order valence-corrected chi connectivity index (χ1v) is 7.59. The molecule has 1 atom stereocenters. The lowest BCUT2D eigenvalue weighted by Gasteiger charge is -2.17. The molecule has 11 heteroatoms. The molecule has 0 unspecified atom stereocenters. The van der Waals surface area contributed by atoms with Crippen LogP contribution in [0.5, 0.6) is 5.88 Å².